The zero-order valence-corrected chi connectivity index (χ0v) is 14.9. The molecule has 0 fully saturated rings. The number of nitrogens with two attached hydrogens (primary N) is 1. The summed E-state index contributed by atoms with van der Waals surface area (Å²) in [6.07, 6.45) is 1.03. The number of benzene rings is 1. The van der Waals surface area contributed by atoms with E-state index in [0.29, 0.717) is 23.8 Å². The Morgan fingerprint density at radius 1 is 1.24 bits per heavy atom. The molecule has 0 aliphatic heterocycles. The average molecular weight is 352 g/mol. The van der Waals surface area contributed by atoms with Gasteiger partial charge in [0.15, 0.2) is 12.6 Å². The van der Waals surface area contributed by atoms with Crippen molar-refractivity contribution in [3.63, 3.8) is 0 Å². The van der Waals surface area contributed by atoms with Gasteiger partial charge in [0.05, 0.1) is 0 Å². The van der Waals surface area contributed by atoms with Crippen molar-refractivity contribution in [1.82, 2.24) is 4.98 Å². The van der Waals surface area contributed by atoms with E-state index in [1.165, 1.54) is 0 Å². The molecule has 0 bridgehead atoms. The molecule has 2 rings (SSSR count). The predicted molar refractivity (Wildman–Crippen MR) is 93.8 cm³/mol. The summed E-state index contributed by atoms with van der Waals surface area (Å²) in [5.41, 5.74) is 6.81. The Kier molecular flexibility index (Phi) is 12.2. The number of anilines is 1. The number of hydrogen-bond acceptors (Lipinski definition) is 8. The SMILES string of the molecule is CCOC.COC.Nc1cccc(-c2nc(OCC=O)c(C=O)o2)c1. The quantitative estimate of drug-likeness (QED) is 0.622. The van der Waals surface area contributed by atoms with Gasteiger partial charge >= 0.3 is 0 Å². The van der Waals surface area contributed by atoms with E-state index in [2.05, 4.69) is 14.5 Å². The van der Waals surface area contributed by atoms with E-state index < -0.39 is 0 Å². The molecule has 0 radical (unpaired) electrons. The van der Waals surface area contributed by atoms with Crippen molar-refractivity contribution in [2.75, 3.05) is 40.3 Å². The molecule has 1 aromatic carbocycles. The molecule has 8 nitrogen and oxygen atoms in total. The van der Waals surface area contributed by atoms with E-state index in [0.717, 1.165) is 6.61 Å². The van der Waals surface area contributed by atoms with Gasteiger partial charge in [0.25, 0.3) is 5.88 Å². The standard InChI is InChI=1S/C12H10N2O4.C3H8O.C2H6O/c13-9-3-1-2-8(6-9)11-14-12(17-5-4-15)10(7-16)18-11;1-3-4-2;1-3-2/h1-4,6-7H,5,13H2;3H2,1-2H3;1-2H3. The summed E-state index contributed by atoms with van der Waals surface area (Å²) in [5, 5.41) is 0. The first-order valence-electron chi connectivity index (χ1n) is 7.35. The molecule has 1 heterocycles. The highest BCUT2D eigenvalue weighted by atomic mass is 16.5. The molecule has 1 aromatic heterocycles. The van der Waals surface area contributed by atoms with E-state index in [9.17, 15) is 9.59 Å². The lowest BCUT2D eigenvalue weighted by Crippen LogP contribution is -1.99. The number of rotatable bonds is 6. The van der Waals surface area contributed by atoms with Crippen LogP contribution in [0, 0.1) is 0 Å². The Morgan fingerprint density at radius 3 is 2.36 bits per heavy atom. The molecular formula is C17H24N2O6. The Hall–Kier alpha value is -2.71. The van der Waals surface area contributed by atoms with Crippen LogP contribution in [0.4, 0.5) is 5.69 Å². The summed E-state index contributed by atoms with van der Waals surface area (Å²) >= 11 is 0. The maximum Gasteiger partial charge on any atom is 0.265 e. The van der Waals surface area contributed by atoms with Crippen molar-refractivity contribution in [2.45, 2.75) is 6.92 Å². The summed E-state index contributed by atoms with van der Waals surface area (Å²) < 4.78 is 19.0. The fraction of sp³-hybridized carbons (Fsp3) is 0.353. The fourth-order valence-corrected chi connectivity index (χ4v) is 1.40. The highest BCUT2D eigenvalue weighted by Gasteiger charge is 2.15. The first-order valence-corrected chi connectivity index (χ1v) is 7.35. The molecule has 0 amide bonds. The monoisotopic (exact) mass is 352 g/mol. The van der Waals surface area contributed by atoms with Gasteiger partial charge in [0.2, 0.25) is 11.7 Å². The van der Waals surface area contributed by atoms with Crippen molar-refractivity contribution < 1.29 is 28.2 Å². The minimum atomic E-state index is -0.191. The Balaban J connectivity index is 0.000000708. The molecule has 0 atom stereocenters. The second-order valence-corrected chi connectivity index (χ2v) is 4.40. The lowest BCUT2D eigenvalue weighted by Gasteiger charge is -1.96. The van der Waals surface area contributed by atoms with Gasteiger partial charge in [-0.3, -0.25) is 9.59 Å². The second-order valence-electron chi connectivity index (χ2n) is 4.40. The molecule has 2 N–H and O–H groups in total. The summed E-state index contributed by atoms with van der Waals surface area (Å²) in [7, 11) is 4.93. The van der Waals surface area contributed by atoms with Gasteiger partial charge in [-0.1, -0.05) is 6.07 Å². The van der Waals surface area contributed by atoms with Crippen LogP contribution >= 0.6 is 0 Å². The van der Waals surface area contributed by atoms with Crippen LogP contribution in [0.2, 0.25) is 0 Å². The highest BCUT2D eigenvalue weighted by molar-refractivity contribution is 5.75. The number of carbonyl (C=O) groups excluding carboxylic acids is 2. The topological polar surface area (TPSA) is 114 Å². The number of nitrogens with zero attached hydrogens (tertiary/aromatic N) is 1. The molecule has 138 valence electrons. The highest BCUT2D eigenvalue weighted by Crippen LogP contribution is 2.26. The second kappa shape index (κ2) is 13.7. The minimum Gasteiger partial charge on any atom is -0.467 e. The molecule has 0 aliphatic rings. The van der Waals surface area contributed by atoms with Gasteiger partial charge in [-0.25, -0.2) is 0 Å². The normalized spacial score (nSPS) is 9.12. The molecule has 2 aromatic rings. The lowest BCUT2D eigenvalue weighted by atomic mass is 10.2. The predicted octanol–water partition coefficient (Wildman–Crippen LogP) is 2.23. The average Bonchev–Trinajstić information content (AvgIpc) is 3.04. The third kappa shape index (κ3) is 8.63. The van der Waals surface area contributed by atoms with Crippen LogP contribution in [0.5, 0.6) is 5.88 Å². The van der Waals surface area contributed by atoms with Crippen molar-refractivity contribution in [1.29, 1.82) is 0 Å². The third-order valence-corrected chi connectivity index (χ3v) is 2.44. The number of carbonyl (C=O) groups is 2. The number of nitrogen functional groups attached to an aromatic ring is 1. The van der Waals surface area contributed by atoms with Crippen molar-refractivity contribution >= 4 is 18.3 Å². The summed E-state index contributed by atoms with van der Waals surface area (Å²) in [5.74, 6) is 0.147. The van der Waals surface area contributed by atoms with Gasteiger partial charge in [0, 0.05) is 39.2 Å². The minimum absolute atomic E-state index is 0.00507. The number of aromatic nitrogens is 1. The summed E-state index contributed by atoms with van der Waals surface area (Å²) in [4.78, 5) is 25.0. The smallest absolute Gasteiger partial charge is 0.265 e. The fourth-order valence-electron chi connectivity index (χ4n) is 1.40. The van der Waals surface area contributed by atoms with Crippen LogP contribution in [0.25, 0.3) is 11.5 Å². The Morgan fingerprint density at radius 2 is 1.88 bits per heavy atom. The molecule has 0 spiro atoms. The zero-order valence-electron chi connectivity index (χ0n) is 14.9. The van der Waals surface area contributed by atoms with Gasteiger partial charge in [-0.05, 0) is 25.1 Å². The first-order chi connectivity index (χ1) is 12.1. The molecule has 0 saturated carbocycles. The van der Waals surface area contributed by atoms with Crippen LogP contribution in [0.1, 0.15) is 17.5 Å². The van der Waals surface area contributed by atoms with Crippen molar-refractivity contribution in [3.8, 4) is 17.3 Å². The Labute approximate surface area is 146 Å². The van der Waals surface area contributed by atoms with Gasteiger partial charge < -0.3 is 24.4 Å². The van der Waals surface area contributed by atoms with E-state index in [1.807, 2.05) is 6.92 Å². The summed E-state index contributed by atoms with van der Waals surface area (Å²) in [6, 6.07) is 6.85. The van der Waals surface area contributed by atoms with Crippen LogP contribution in [-0.4, -0.2) is 52.1 Å². The van der Waals surface area contributed by atoms with Crippen LogP contribution < -0.4 is 10.5 Å². The molecule has 0 aliphatic carbocycles. The third-order valence-electron chi connectivity index (χ3n) is 2.44. The van der Waals surface area contributed by atoms with E-state index in [4.69, 9.17) is 14.9 Å². The maximum atomic E-state index is 10.8. The zero-order chi connectivity index (χ0) is 19.1. The molecular weight excluding hydrogens is 328 g/mol. The molecule has 0 saturated heterocycles. The number of ether oxygens (including phenoxy) is 3. The van der Waals surface area contributed by atoms with Crippen LogP contribution in [-0.2, 0) is 14.3 Å². The van der Waals surface area contributed by atoms with E-state index >= 15 is 0 Å². The number of oxazole rings is 1. The lowest BCUT2D eigenvalue weighted by molar-refractivity contribution is -0.109. The number of hydrogen-bond donors (Lipinski definition) is 1. The van der Waals surface area contributed by atoms with E-state index in [-0.39, 0.29) is 24.1 Å². The number of methoxy groups -OCH3 is 2. The molecule has 8 heteroatoms. The molecule has 0 unspecified atom stereocenters. The van der Waals surface area contributed by atoms with Crippen molar-refractivity contribution in [3.05, 3.63) is 30.0 Å². The Bertz CT molecular complexity index is 625. The van der Waals surface area contributed by atoms with E-state index in [1.54, 1.807) is 45.6 Å². The van der Waals surface area contributed by atoms with Gasteiger partial charge in [-0.2, -0.15) is 4.98 Å². The van der Waals surface area contributed by atoms with Crippen LogP contribution in [0.3, 0.4) is 0 Å². The summed E-state index contributed by atoms with van der Waals surface area (Å²) in [6.45, 7) is 2.59. The number of aldehydes is 2. The van der Waals surface area contributed by atoms with Crippen LogP contribution in [0.15, 0.2) is 28.7 Å². The van der Waals surface area contributed by atoms with Gasteiger partial charge in [0.1, 0.15) is 6.61 Å². The largest absolute Gasteiger partial charge is 0.467 e. The molecule has 25 heavy (non-hydrogen) atoms. The van der Waals surface area contributed by atoms with Crippen molar-refractivity contribution in [2.24, 2.45) is 0 Å². The first kappa shape index (κ1) is 22.3. The maximum absolute atomic E-state index is 10.8. The van der Waals surface area contributed by atoms with Gasteiger partial charge in [-0.15, -0.1) is 0 Å².